The first kappa shape index (κ1) is 27.3. The fraction of sp³-hybridized carbons (Fsp3) is 0.462. The molecule has 3 rings (SSSR count). The number of hydrogen-bond donors (Lipinski definition) is 0. The predicted octanol–water partition coefficient (Wildman–Crippen LogP) is 5.07. The molecule has 0 N–H and O–H groups in total. The predicted molar refractivity (Wildman–Crippen MR) is 141 cm³/mol. The molecule has 7 nitrogen and oxygen atoms in total. The van der Waals surface area contributed by atoms with Gasteiger partial charge in [0.15, 0.2) is 4.80 Å². The van der Waals surface area contributed by atoms with Crippen molar-refractivity contribution in [1.82, 2.24) is 8.87 Å². The van der Waals surface area contributed by atoms with Crippen LogP contribution in [0.2, 0.25) is 0 Å². The molecule has 0 fully saturated rings. The lowest BCUT2D eigenvalue weighted by Gasteiger charge is -2.22. The van der Waals surface area contributed by atoms with Gasteiger partial charge >= 0.3 is 0 Å². The summed E-state index contributed by atoms with van der Waals surface area (Å²) in [4.78, 5) is 18.2. The molecule has 3 aromatic rings. The third-order valence-corrected chi connectivity index (χ3v) is 8.68. The van der Waals surface area contributed by atoms with Crippen molar-refractivity contribution < 1.29 is 17.9 Å². The van der Waals surface area contributed by atoms with Crippen molar-refractivity contribution in [2.75, 3.05) is 26.3 Å². The van der Waals surface area contributed by atoms with Gasteiger partial charge in [-0.1, -0.05) is 50.2 Å². The molecule has 0 aliphatic heterocycles. The maximum atomic E-state index is 13.2. The summed E-state index contributed by atoms with van der Waals surface area (Å²) in [6.07, 6.45) is 3.48. The van der Waals surface area contributed by atoms with Crippen molar-refractivity contribution in [3.63, 3.8) is 0 Å². The molecule has 1 aromatic heterocycles. The molecule has 0 atom stereocenters. The van der Waals surface area contributed by atoms with Crippen LogP contribution in [0.25, 0.3) is 10.2 Å². The van der Waals surface area contributed by atoms with E-state index in [2.05, 4.69) is 4.99 Å². The summed E-state index contributed by atoms with van der Waals surface area (Å²) in [6, 6.07) is 14.0. The monoisotopic (exact) mass is 517 g/mol. The second-order valence-corrected chi connectivity index (χ2v) is 11.2. The molecule has 0 aliphatic rings. The van der Waals surface area contributed by atoms with Crippen LogP contribution in [-0.2, 0) is 21.3 Å². The van der Waals surface area contributed by atoms with Gasteiger partial charge in [-0.25, -0.2) is 8.42 Å². The summed E-state index contributed by atoms with van der Waals surface area (Å²) in [7, 11) is -3.61. The fourth-order valence-corrected chi connectivity index (χ4v) is 6.29. The average molecular weight is 518 g/mol. The van der Waals surface area contributed by atoms with E-state index >= 15 is 0 Å². The number of sulfonamides is 1. The molecule has 2 aromatic carbocycles. The largest absolute Gasteiger partial charge is 0.380 e. The maximum Gasteiger partial charge on any atom is 0.279 e. The number of fused-ring (bicyclic) bond motifs is 1. The molecular weight excluding hydrogens is 482 g/mol. The van der Waals surface area contributed by atoms with Crippen molar-refractivity contribution in [2.45, 2.75) is 57.9 Å². The summed E-state index contributed by atoms with van der Waals surface area (Å²) in [5.41, 5.74) is 1.36. The molecule has 1 heterocycles. The smallest absolute Gasteiger partial charge is 0.279 e. The maximum absolute atomic E-state index is 13.2. The summed E-state index contributed by atoms with van der Waals surface area (Å²) in [6.45, 7) is 8.78. The normalized spacial score (nSPS) is 12.6. The zero-order valence-electron chi connectivity index (χ0n) is 20.8. The van der Waals surface area contributed by atoms with Gasteiger partial charge in [0, 0.05) is 31.8 Å². The van der Waals surface area contributed by atoms with E-state index in [0.717, 1.165) is 35.9 Å². The van der Waals surface area contributed by atoms with Crippen LogP contribution in [0.1, 0.15) is 56.8 Å². The second-order valence-electron chi connectivity index (χ2n) is 8.25. The van der Waals surface area contributed by atoms with Crippen LogP contribution in [0.4, 0.5) is 0 Å². The van der Waals surface area contributed by atoms with Gasteiger partial charge in [-0.3, -0.25) is 4.79 Å². The number of para-hydroxylation sites is 1. The van der Waals surface area contributed by atoms with Crippen molar-refractivity contribution in [1.29, 1.82) is 0 Å². The number of carbonyl (C=O) groups is 1. The van der Waals surface area contributed by atoms with Crippen LogP contribution >= 0.6 is 11.3 Å². The van der Waals surface area contributed by atoms with Gasteiger partial charge in [0.2, 0.25) is 10.0 Å². The van der Waals surface area contributed by atoms with Crippen molar-refractivity contribution in [2.24, 2.45) is 4.99 Å². The Morgan fingerprint density at radius 2 is 1.66 bits per heavy atom. The molecule has 0 radical (unpaired) electrons. The topological polar surface area (TPSA) is 81.0 Å². The first-order chi connectivity index (χ1) is 16.9. The Morgan fingerprint density at radius 3 is 2.29 bits per heavy atom. The molecule has 1 amide bonds. The summed E-state index contributed by atoms with van der Waals surface area (Å²) in [5, 5.41) is 0. The van der Waals surface area contributed by atoms with Gasteiger partial charge in [0.25, 0.3) is 5.91 Å². The highest BCUT2D eigenvalue weighted by atomic mass is 32.2. The molecule has 0 bridgehead atoms. The third kappa shape index (κ3) is 6.88. The van der Waals surface area contributed by atoms with Crippen LogP contribution in [-0.4, -0.2) is 49.5 Å². The molecule has 9 heteroatoms. The minimum absolute atomic E-state index is 0.204. The number of amides is 1. The summed E-state index contributed by atoms with van der Waals surface area (Å²) >= 11 is 1.45. The van der Waals surface area contributed by atoms with E-state index in [1.807, 2.05) is 49.6 Å². The zero-order chi connectivity index (χ0) is 25.3. The number of carbonyl (C=O) groups excluding carboxylic acids is 1. The average Bonchev–Trinajstić information content (AvgIpc) is 3.21. The van der Waals surface area contributed by atoms with E-state index in [1.165, 1.54) is 23.5 Å². The van der Waals surface area contributed by atoms with Gasteiger partial charge in [-0.15, -0.1) is 0 Å². The Labute approximate surface area is 212 Å². The van der Waals surface area contributed by atoms with Gasteiger partial charge < -0.3 is 9.30 Å². The number of benzene rings is 2. The number of nitrogens with zero attached hydrogens (tertiary/aromatic N) is 3. The number of rotatable bonds is 13. The number of unbranched alkanes of at least 4 members (excludes halogenated alkanes) is 2. The molecule has 190 valence electrons. The number of aromatic nitrogens is 1. The van der Waals surface area contributed by atoms with Crippen LogP contribution in [0.3, 0.4) is 0 Å². The minimum atomic E-state index is -3.61. The van der Waals surface area contributed by atoms with E-state index in [4.69, 9.17) is 4.74 Å². The molecule has 0 saturated carbocycles. The van der Waals surface area contributed by atoms with Crippen molar-refractivity contribution in [3.05, 3.63) is 58.9 Å². The third-order valence-electron chi connectivity index (χ3n) is 5.71. The second kappa shape index (κ2) is 13.1. The molecule has 35 heavy (non-hydrogen) atoms. The first-order valence-corrected chi connectivity index (χ1v) is 14.5. The van der Waals surface area contributed by atoms with E-state index < -0.39 is 15.9 Å². The van der Waals surface area contributed by atoms with Crippen molar-refractivity contribution >= 4 is 37.5 Å². The minimum Gasteiger partial charge on any atom is -0.380 e. The number of ether oxygens (including phenoxy) is 1. The molecule has 0 unspecified atom stereocenters. The SMILES string of the molecule is CCCCN(CCCC)S(=O)(=O)c1ccc(C(=O)N=c2sc3ccccc3n2CCOCC)cc1. The Hall–Kier alpha value is -2.33. The van der Waals surface area contributed by atoms with Gasteiger partial charge in [0.1, 0.15) is 0 Å². The standard InChI is InChI=1S/C26H35N3O4S2/c1-4-7-17-28(18-8-5-2)35(31,32)22-15-13-21(14-16-22)25(30)27-26-29(19-20-33-6-3)23-11-9-10-12-24(23)34-26/h9-16H,4-8,17-20H2,1-3H3. The fourth-order valence-electron chi connectivity index (χ4n) is 3.71. The molecule has 0 spiro atoms. The Morgan fingerprint density at radius 1 is 1.00 bits per heavy atom. The summed E-state index contributed by atoms with van der Waals surface area (Å²) < 4.78 is 36.5. The Kier molecular flexibility index (Phi) is 10.2. The zero-order valence-corrected chi connectivity index (χ0v) is 22.4. The van der Waals surface area contributed by atoms with E-state index in [0.29, 0.717) is 43.2 Å². The highest BCUT2D eigenvalue weighted by Gasteiger charge is 2.23. The van der Waals surface area contributed by atoms with Crippen LogP contribution in [0.15, 0.2) is 58.4 Å². The highest BCUT2D eigenvalue weighted by Crippen LogP contribution is 2.19. The number of hydrogen-bond acceptors (Lipinski definition) is 5. The Balaban J connectivity index is 1.87. The van der Waals surface area contributed by atoms with Gasteiger partial charge in [-0.05, 0) is 56.2 Å². The van der Waals surface area contributed by atoms with Crippen LogP contribution in [0, 0.1) is 0 Å². The summed E-state index contributed by atoms with van der Waals surface area (Å²) in [5.74, 6) is -0.403. The van der Waals surface area contributed by atoms with Crippen LogP contribution in [0.5, 0.6) is 0 Å². The first-order valence-electron chi connectivity index (χ1n) is 12.3. The van der Waals surface area contributed by atoms with Crippen molar-refractivity contribution in [3.8, 4) is 0 Å². The van der Waals surface area contributed by atoms with E-state index in [9.17, 15) is 13.2 Å². The Bertz CT molecular complexity index is 1270. The molecule has 0 aliphatic carbocycles. The lowest BCUT2D eigenvalue weighted by molar-refractivity contribution is 0.0996. The molecule has 0 saturated heterocycles. The lowest BCUT2D eigenvalue weighted by Crippen LogP contribution is -2.33. The van der Waals surface area contributed by atoms with Gasteiger partial charge in [-0.2, -0.15) is 9.30 Å². The van der Waals surface area contributed by atoms with E-state index in [-0.39, 0.29) is 4.90 Å². The molecular formula is C26H35N3O4S2. The number of thiazole rings is 1. The van der Waals surface area contributed by atoms with Crippen LogP contribution < -0.4 is 4.80 Å². The van der Waals surface area contributed by atoms with Gasteiger partial charge in [0.05, 0.1) is 21.7 Å². The quantitative estimate of drug-likeness (QED) is 0.297. The lowest BCUT2D eigenvalue weighted by atomic mass is 10.2. The highest BCUT2D eigenvalue weighted by molar-refractivity contribution is 7.89. The van der Waals surface area contributed by atoms with E-state index in [1.54, 1.807) is 16.4 Å².